The standard InChI is InChI=1S/C21H19F4N3O/c1-29-17-9-6-13-11-26-20(28-19(13)18(17)12-4-2-3-5-12)27-14-7-8-16(22)15(10-14)21(23,24)25/h6-12H,2-5H2,1H3,(H,26,27,28). The van der Waals surface area contributed by atoms with E-state index in [0.717, 1.165) is 48.4 Å². The molecule has 1 saturated carbocycles. The van der Waals surface area contributed by atoms with Crippen LogP contribution in [0.15, 0.2) is 36.5 Å². The van der Waals surface area contributed by atoms with Gasteiger partial charge in [-0.25, -0.2) is 14.4 Å². The lowest BCUT2D eigenvalue weighted by Gasteiger charge is -2.17. The maximum atomic E-state index is 13.5. The van der Waals surface area contributed by atoms with E-state index in [0.29, 0.717) is 17.5 Å². The summed E-state index contributed by atoms with van der Waals surface area (Å²) >= 11 is 0. The van der Waals surface area contributed by atoms with Gasteiger partial charge in [0, 0.05) is 22.8 Å². The summed E-state index contributed by atoms with van der Waals surface area (Å²) in [6.45, 7) is 0. The van der Waals surface area contributed by atoms with Gasteiger partial charge in [-0.05, 0) is 49.1 Å². The summed E-state index contributed by atoms with van der Waals surface area (Å²) in [4.78, 5) is 8.76. The van der Waals surface area contributed by atoms with Crippen LogP contribution in [0.25, 0.3) is 10.9 Å². The van der Waals surface area contributed by atoms with E-state index in [1.54, 1.807) is 13.3 Å². The molecule has 4 rings (SSSR count). The quantitative estimate of drug-likeness (QED) is 0.525. The molecule has 1 N–H and O–H groups in total. The summed E-state index contributed by atoms with van der Waals surface area (Å²) in [6, 6.07) is 6.46. The van der Waals surface area contributed by atoms with Crippen LogP contribution in [0.1, 0.15) is 42.7 Å². The third-order valence-corrected chi connectivity index (χ3v) is 5.26. The minimum atomic E-state index is -4.78. The second kappa shape index (κ2) is 7.50. The van der Waals surface area contributed by atoms with Crippen molar-refractivity contribution in [2.75, 3.05) is 12.4 Å². The number of methoxy groups -OCH3 is 1. The molecule has 29 heavy (non-hydrogen) atoms. The van der Waals surface area contributed by atoms with Gasteiger partial charge in [-0.1, -0.05) is 12.8 Å². The molecule has 1 fully saturated rings. The van der Waals surface area contributed by atoms with Gasteiger partial charge >= 0.3 is 6.18 Å². The lowest BCUT2D eigenvalue weighted by Crippen LogP contribution is -2.09. The van der Waals surface area contributed by atoms with Gasteiger partial charge in [0.2, 0.25) is 5.95 Å². The first-order valence-corrected chi connectivity index (χ1v) is 9.34. The largest absolute Gasteiger partial charge is 0.496 e. The lowest BCUT2D eigenvalue weighted by atomic mass is 9.94. The summed E-state index contributed by atoms with van der Waals surface area (Å²) in [5, 5.41) is 3.59. The number of fused-ring (bicyclic) bond motifs is 1. The van der Waals surface area contributed by atoms with Crippen LogP contribution >= 0.6 is 0 Å². The Morgan fingerprint density at radius 2 is 1.86 bits per heavy atom. The number of rotatable bonds is 4. The average Bonchev–Trinajstić information content (AvgIpc) is 3.22. The molecule has 1 aromatic heterocycles. The fourth-order valence-electron chi connectivity index (χ4n) is 3.90. The summed E-state index contributed by atoms with van der Waals surface area (Å²) < 4.78 is 58.0. The van der Waals surface area contributed by atoms with Gasteiger partial charge in [0.1, 0.15) is 11.6 Å². The van der Waals surface area contributed by atoms with Gasteiger partial charge in [-0.15, -0.1) is 0 Å². The van der Waals surface area contributed by atoms with Crippen molar-refractivity contribution in [3.8, 4) is 5.75 Å². The van der Waals surface area contributed by atoms with E-state index in [4.69, 9.17) is 4.74 Å². The Bertz CT molecular complexity index is 1050. The monoisotopic (exact) mass is 405 g/mol. The fraction of sp³-hybridized carbons (Fsp3) is 0.333. The Morgan fingerprint density at radius 3 is 2.55 bits per heavy atom. The number of aromatic nitrogens is 2. The van der Waals surface area contributed by atoms with E-state index in [-0.39, 0.29) is 11.6 Å². The molecular formula is C21H19F4N3O. The highest BCUT2D eigenvalue weighted by atomic mass is 19.4. The first kappa shape index (κ1) is 19.4. The molecule has 2 aromatic carbocycles. The number of hydrogen-bond donors (Lipinski definition) is 1. The second-order valence-corrected chi connectivity index (χ2v) is 7.11. The normalized spacial score (nSPS) is 15.1. The number of hydrogen-bond acceptors (Lipinski definition) is 4. The first-order valence-electron chi connectivity index (χ1n) is 9.34. The van der Waals surface area contributed by atoms with Crippen molar-refractivity contribution in [2.24, 2.45) is 0 Å². The van der Waals surface area contributed by atoms with E-state index in [1.807, 2.05) is 12.1 Å². The molecule has 0 radical (unpaired) electrons. The van der Waals surface area contributed by atoms with Gasteiger partial charge in [-0.3, -0.25) is 0 Å². The SMILES string of the molecule is COc1ccc2cnc(Nc3ccc(F)c(C(F)(F)F)c3)nc2c1C1CCCC1. The zero-order valence-electron chi connectivity index (χ0n) is 15.7. The van der Waals surface area contributed by atoms with Crippen molar-refractivity contribution in [2.45, 2.75) is 37.8 Å². The minimum absolute atomic E-state index is 0.0587. The zero-order valence-corrected chi connectivity index (χ0v) is 15.7. The predicted octanol–water partition coefficient (Wildman–Crippen LogP) is 6.20. The molecule has 152 valence electrons. The lowest BCUT2D eigenvalue weighted by molar-refractivity contribution is -0.139. The van der Waals surface area contributed by atoms with Gasteiger partial charge in [-0.2, -0.15) is 13.2 Å². The Balaban J connectivity index is 1.75. The highest BCUT2D eigenvalue weighted by molar-refractivity contribution is 5.85. The highest BCUT2D eigenvalue weighted by Gasteiger charge is 2.34. The van der Waals surface area contributed by atoms with Crippen molar-refractivity contribution in [1.82, 2.24) is 9.97 Å². The number of anilines is 2. The molecule has 1 heterocycles. The smallest absolute Gasteiger partial charge is 0.419 e. The van der Waals surface area contributed by atoms with Crippen LogP contribution in [0.2, 0.25) is 0 Å². The second-order valence-electron chi connectivity index (χ2n) is 7.11. The maximum absolute atomic E-state index is 13.5. The summed E-state index contributed by atoms with van der Waals surface area (Å²) in [5.74, 6) is -0.116. The Kier molecular flexibility index (Phi) is 5.02. The van der Waals surface area contributed by atoms with Crippen molar-refractivity contribution >= 4 is 22.5 Å². The van der Waals surface area contributed by atoms with Crippen molar-refractivity contribution in [1.29, 1.82) is 0 Å². The van der Waals surface area contributed by atoms with Crippen LogP contribution in [0.4, 0.5) is 29.2 Å². The molecule has 8 heteroatoms. The van der Waals surface area contributed by atoms with Crippen LogP contribution < -0.4 is 10.1 Å². The van der Waals surface area contributed by atoms with Crippen molar-refractivity contribution in [3.05, 3.63) is 53.5 Å². The van der Waals surface area contributed by atoms with E-state index in [2.05, 4.69) is 15.3 Å². The number of halogens is 4. The first-order chi connectivity index (χ1) is 13.9. The predicted molar refractivity (Wildman–Crippen MR) is 102 cm³/mol. The number of nitrogens with zero attached hydrogens (tertiary/aromatic N) is 2. The van der Waals surface area contributed by atoms with E-state index >= 15 is 0 Å². The molecule has 0 bridgehead atoms. The van der Waals surface area contributed by atoms with Crippen LogP contribution in [0.3, 0.4) is 0 Å². The molecule has 0 aliphatic heterocycles. The summed E-state index contributed by atoms with van der Waals surface area (Å²) in [7, 11) is 1.61. The molecule has 3 aromatic rings. The van der Waals surface area contributed by atoms with Crippen LogP contribution in [0, 0.1) is 5.82 Å². The zero-order chi connectivity index (χ0) is 20.6. The van der Waals surface area contributed by atoms with Crippen LogP contribution in [-0.4, -0.2) is 17.1 Å². The Hall–Kier alpha value is -2.90. The van der Waals surface area contributed by atoms with Gasteiger partial charge in [0.15, 0.2) is 0 Å². The van der Waals surface area contributed by atoms with E-state index < -0.39 is 17.6 Å². The third kappa shape index (κ3) is 3.83. The molecule has 4 nitrogen and oxygen atoms in total. The fourth-order valence-corrected chi connectivity index (χ4v) is 3.90. The van der Waals surface area contributed by atoms with E-state index in [1.165, 1.54) is 6.07 Å². The number of ether oxygens (including phenoxy) is 1. The molecule has 0 atom stereocenters. The Morgan fingerprint density at radius 1 is 1.10 bits per heavy atom. The molecule has 1 aliphatic carbocycles. The molecule has 0 amide bonds. The molecule has 0 unspecified atom stereocenters. The van der Waals surface area contributed by atoms with Crippen LogP contribution in [-0.2, 0) is 6.18 Å². The number of alkyl halides is 3. The average molecular weight is 405 g/mol. The van der Waals surface area contributed by atoms with Crippen LogP contribution in [0.5, 0.6) is 5.75 Å². The molecule has 1 aliphatic rings. The molecule has 0 saturated heterocycles. The third-order valence-electron chi connectivity index (χ3n) is 5.26. The van der Waals surface area contributed by atoms with E-state index in [9.17, 15) is 17.6 Å². The van der Waals surface area contributed by atoms with Gasteiger partial charge in [0.05, 0.1) is 18.2 Å². The summed E-state index contributed by atoms with van der Waals surface area (Å²) in [5.41, 5.74) is 0.440. The molecule has 0 spiro atoms. The van der Waals surface area contributed by atoms with Gasteiger partial charge in [0.25, 0.3) is 0 Å². The maximum Gasteiger partial charge on any atom is 0.419 e. The van der Waals surface area contributed by atoms with Gasteiger partial charge < -0.3 is 10.1 Å². The Labute approximate surface area is 164 Å². The number of benzene rings is 2. The highest BCUT2D eigenvalue weighted by Crippen LogP contribution is 2.42. The van der Waals surface area contributed by atoms with Crippen molar-refractivity contribution < 1.29 is 22.3 Å². The summed E-state index contributed by atoms with van der Waals surface area (Å²) in [6.07, 6.45) is 1.18. The molecular weight excluding hydrogens is 386 g/mol. The van der Waals surface area contributed by atoms with Crippen molar-refractivity contribution in [3.63, 3.8) is 0 Å². The minimum Gasteiger partial charge on any atom is -0.496 e. The number of nitrogens with one attached hydrogen (secondary N) is 1. The topological polar surface area (TPSA) is 47.0 Å².